The van der Waals surface area contributed by atoms with Gasteiger partial charge in [0.25, 0.3) is 0 Å². The summed E-state index contributed by atoms with van der Waals surface area (Å²) in [6, 6.07) is 5.88. The van der Waals surface area contributed by atoms with E-state index in [2.05, 4.69) is 30.9 Å². The Labute approximate surface area is 115 Å². The minimum Gasteiger partial charge on any atom is -0.328 e. The third kappa shape index (κ3) is 3.34. The standard InChI is InChI=1S/C13H15BrN4/c1-8(15)5-11-6-9(2)17-13(18-11)12-4-3-10(14)7-16-12/h3-4,6-8H,5,15H2,1-2H3. The van der Waals surface area contributed by atoms with Gasteiger partial charge in [0.1, 0.15) is 5.69 Å². The summed E-state index contributed by atoms with van der Waals surface area (Å²) in [6.07, 6.45) is 2.49. The van der Waals surface area contributed by atoms with Crippen LogP contribution in [0.2, 0.25) is 0 Å². The summed E-state index contributed by atoms with van der Waals surface area (Å²) in [5.41, 5.74) is 8.46. The number of nitrogens with two attached hydrogens (primary N) is 1. The zero-order valence-electron chi connectivity index (χ0n) is 10.4. The van der Waals surface area contributed by atoms with Crippen molar-refractivity contribution >= 4 is 15.9 Å². The fraction of sp³-hybridized carbons (Fsp3) is 0.308. The van der Waals surface area contributed by atoms with E-state index in [1.807, 2.05) is 32.0 Å². The van der Waals surface area contributed by atoms with E-state index < -0.39 is 0 Å². The molecule has 0 radical (unpaired) electrons. The number of nitrogens with zero attached hydrogens (tertiary/aromatic N) is 3. The van der Waals surface area contributed by atoms with E-state index in [0.717, 1.165) is 28.0 Å². The van der Waals surface area contributed by atoms with Gasteiger partial charge in [0, 0.05) is 34.5 Å². The number of halogens is 1. The van der Waals surface area contributed by atoms with Crippen molar-refractivity contribution in [3.63, 3.8) is 0 Å². The molecule has 2 aromatic rings. The SMILES string of the molecule is Cc1cc(CC(C)N)nc(-c2ccc(Br)cn2)n1. The Morgan fingerprint density at radius 3 is 2.72 bits per heavy atom. The lowest BCUT2D eigenvalue weighted by Crippen LogP contribution is -2.19. The van der Waals surface area contributed by atoms with Gasteiger partial charge in [-0.3, -0.25) is 4.98 Å². The van der Waals surface area contributed by atoms with Gasteiger partial charge in [0.2, 0.25) is 0 Å². The highest BCUT2D eigenvalue weighted by Gasteiger charge is 2.07. The van der Waals surface area contributed by atoms with Crippen LogP contribution >= 0.6 is 15.9 Å². The van der Waals surface area contributed by atoms with Gasteiger partial charge in [-0.25, -0.2) is 9.97 Å². The molecule has 5 heteroatoms. The Hall–Kier alpha value is -1.33. The van der Waals surface area contributed by atoms with Gasteiger partial charge in [-0.15, -0.1) is 0 Å². The number of rotatable bonds is 3. The lowest BCUT2D eigenvalue weighted by molar-refractivity contribution is 0.719. The van der Waals surface area contributed by atoms with E-state index in [4.69, 9.17) is 5.73 Å². The van der Waals surface area contributed by atoms with Crippen LogP contribution in [0.4, 0.5) is 0 Å². The largest absolute Gasteiger partial charge is 0.328 e. The molecule has 0 aliphatic carbocycles. The Bertz CT molecular complexity index is 537. The van der Waals surface area contributed by atoms with Crippen LogP contribution in [-0.4, -0.2) is 21.0 Å². The van der Waals surface area contributed by atoms with Crippen LogP contribution in [0.15, 0.2) is 28.9 Å². The zero-order chi connectivity index (χ0) is 13.1. The summed E-state index contributed by atoms with van der Waals surface area (Å²) in [7, 11) is 0. The van der Waals surface area contributed by atoms with Gasteiger partial charge >= 0.3 is 0 Å². The minimum atomic E-state index is 0.0880. The van der Waals surface area contributed by atoms with Crippen LogP contribution in [0.5, 0.6) is 0 Å². The van der Waals surface area contributed by atoms with Crippen LogP contribution in [0.3, 0.4) is 0 Å². The van der Waals surface area contributed by atoms with E-state index in [9.17, 15) is 0 Å². The van der Waals surface area contributed by atoms with Crippen molar-refractivity contribution in [2.75, 3.05) is 0 Å². The summed E-state index contributed by atoms with van der Waals surface area (Å²) in [6.45, 7) is 3.92. The Kier molecular flexibility index (Phi) is 4.04. The van der Waals surface area contributed by atoms with E-state index in [1.165, 1.54) is 0 Å². The average Bonchev–Trinajstić information content (AvgIpc) is 2.28. The van der Waals surface area contributed by atoms with Crippen molar-refractivity contribution < 1.29 is 0 Å². The smallest absolute Gasteiger partial charge is 0.178 e. The molecule has 0 aromatic carbocycles. The fourth-order valence-electron chi connectivity index (χ4n) is 1.69. The van der Waals surface area contributed by atoms with Gasteiger partial charge < -0.3 is 5.73 Å². The van der Waals surface area contributed by atoms with Crippen LogP contribution in [0.1, 0.15) is 18.3 Å². The second kappa shape index (κ2) is 5.54. The number of aromatic nitrogens is 3. The molecule has 0 fully saturated rings. The predicted molar refractivity (Wildman–Crippen MR) is 75.1 cm³/mol. The molecule has 0 bridgehead atoms. The maximum absolute atomic E-state index is 5.80. The van der Waals surface area contributed by atoms with E-state index in [1.54, 1.807) is 6.20 Å². The van der Waals surface area contributed by atoms with E-state index in [0.29, 0.717) is 5.82 Å². The molecule has 0 aliphatic rings. The molecule has 2 aromatic heterocycles. The summed E-state index contributed by atoms with van der Waals surface area (Å²) in [5.74, 6) is 0.651. The highest BCUT2D eigenvalue weighted by atomic mass is 79.9. The number of pyridine rings is 1. The van der Waals surface area contributed by atoms with Crippen molar-refractivity contribution in [3.05, 3.63) is 40.3 Å². The van der Waals surface area contributed by atoms with Crippen molar-refractivity contribution in [1.82, 2.24) is 15.0 Å². The van der Waals surface area contributed by atoms with Crippen LogP contribution in [0, 0.1) is 6.92 Å². The predicted octanol–water partition coefficient (Wildman–Crippen LogP) is 2.50. The first-order valence-electron chi connectivity index (χ1n) is 5.76. The first-order valence-corrected chi connectivity index (χ1v) is 6.56. The molecule has 2 N–H and O–H groups in total. The third-order valence-corrected chi connectivity index (χ3v) is 2.86. The van der Waals surface area contributed by atoms with Crippen molar-refractivity contribution in [2.45, 2.75) is 26.3 Å². The average molecular weight is 307 g/mol. The maximum Gasteiger partial charge on any atom is 0.178 e. The monoisotopic (exact) mass is 306 g/mol. The highest BCUT2D eigenvalue weighted by Crippen LogP contribution is 2.16. The molecule has 1 atom stereocenters. The molecule has 0 spiro atoms. The van der Waals surface area contributed by atoms with E-state index in [-0.39, 0.29) is 6.04 Å². The normalized spacial score (nSPS) is 12.4. The van der Waals surface area contributed by atoms with Gasteiger partial charge in [0.05, 0.1) is 0 Å². The quantitative estimate of drug-likeness (QED) is 0.946. The summed E-state index contributed by atoms with van der Waals surface area (Å²) < 4.78 is 0.940. The zero-order valence-corrected chi connectivity index (χ0v) is 12.0. The summed E-state index contributed by atoms with van der Waals surface area (Å²) >= 11 is 3.36. The molecule has 2 rings (SSSR count). The van der Waals surface area contributed by atoms with Crippen molar-refractivity contribution in [1.29, 1.82) is 0 Å². The molecule has 0 aliphatic heterocycles. The molecular formula is C13H15BrN4. The highest BCUT2D eigenvalue weighted by molar-refractivity contribution is 9.10. The number of aryl methyl sites for hydroxylation is 1. The van der Waals surface area contributed by atoms with Crippen LogP contribution in [0.25, 0.3) is 11.5 Å². The van der Waals surface area contributed by atoms with Gasteiger partial charge in [-0.1, -0.05) is 0 Å². The maximum atomic E-state index is 5.80. The van der Waals surface area contributed by atoms with Gasteiger partial charge in [-0.2, -0.15) is 0 Å². The Balaban J connectivity index is 2.38. The summed E-state index contributed by atoms with van der Waals surface area (Å²) in [4.78, 5) is 13.2. The van der Waals surface area contributed by atoms with E-state index >= 15 is 0 Å². The molecule has 1 unspecified atom stereocenters. The molecule has 94 valence electrons. The second-order valence-electron chi connectivity index (χ2n) is 4.37. The summed E-state index contributed by atoms with van der Waals surface area (Å²) in [5, 5.41) is 0. The lowest BCUT2D eigenvalue weighted by atomic mass is 10.1. The number of hydrogen-bond acceptors (Lipinski definition) is 4. The van der Waals surface area contributed by atoms with Crippen molar-refractivity contribution in [3.8, 4) is 11.5 Å². The number of hydrogen-bond donors (Lipinski definition) is 1. The van der Waals surface area contributed by atoms with Gasteiger partial charge in [-0.05, 0) is 48.0 Å². The van der Waals surface area contributed by atoms with Crippen molar-refractivity contribution in [2.24, 2.45) is 5.73 Å². The molecule has 0 amide bonds. The van der Waals surface area contributed by atoms with Crippen LogP contribution in [-0.2, 0) is 6.42 Å². The first-order chi connectivity index (χ1) is 8.54. The Morgan fingerprint density at radius 1 is 1.33 bits per heavy atom. The lowest BCUT2D eigenvalue weighted by Gasteiger charge is -2.07. The molecule has 0 saturated carbocycles. The fourth-order valence-corrected chi connectivity index (χ4v) is 1.93. The third-order valence-electron chi connectivity index (χ3n) is 2.39. The minimum absolute atomic E-state index is 0.0880. The topological polar surface area (TPSA) is 64.7 Å². The molecule has 0 saturated heterocycles. The Morgan fingerprint density at radius 2 is 2.11 bits per heavy atom. The molecule has 2 heterocycles. The molecule has 4 nitrogen and oxygen atoms in total. The second-order valence-corrected chi connectivity index (χ2v) is 5.28. The first kappa shape index (κ1) is 13.1. The molecule has 18 heavy (non-hydrogen) atoms. The van der Waals surface area contributed by atoms with Crippen LogP contribution < -0.4 is 5.73 Å². The van der Waals surface area contributed by atoms with Gasteiger partial charge in [0.15, 0.2) is 5.82 Å². The molecular weight excluding hydrogens is 292 g/mol.